The molecule has 0 radical (unpaired) electrons. The van der Waals surface area contributed by atoms with Crippen molar-refractivity contribution in [1.82, 2.24) is 19.7 Å². The van der Waals surface area contributed by atoms with Crippen LogP contribution < -0.4 is 5.73 Å². The van der Waals surface area contributed by atoms with E-state index in [2.05, 4.69) is 15.1 Å². The number of carboxylic acid groups (broad SMARTS) is 1. The Balaban J connectivity index is 1.81. The highest BCUT2D eigenvalue weighted by Crippen LogP contribution is 2.26. The first kappa shape index (κ1) is 16.7. The van der Waals surface area contributed by atoms with E-state index in [9.17, 15) is 4.79 Å². The van der Waals surface area contributed by atoms with Crippen LogP contribution in [-0.4, -0.2) is 30.8 Å². The molecule has 0 aliphatic carbocycles. The minimum absolute atomic E-state index is 0.206. The molecular weight excluding hydrogens is 342 g/mol. The number of nitrogen functional groups attached to an aromatic ring is 1. The molecule has 0 atom stereocenters. The summed E-state index contributed by atoms with van der Waals surface area (Å²) in [6.07, 6.45) is 0. The van der Waals surface area contributed by atoms with E-state index in [1.165, 1.54) is 12.1 Å². The molecule has 0 fully saturated rings. The maximum atomic E-state index is 11.0. The van der Waals surface area contributed by atoms with E-state index >= 15 is 0 Å². The van der Waals surface area contributed by atoms with Crippen LogP contribution in [0.15, 0.2) is 54.6 Å². The quantitative estimate of drug-likeness (QED) is 0.580. The second kappa shape index (κ2) is 6.53. The minimum Gasteiger partial charge on any atom is -0.478 e. The number of nitrogens with two attached hydrogens (primary N) is 1. The molecule has 0 aliphatic rings. The van der Waals surface area contributed by atoms with Gasteiger partial charge in [-0.2, -0.15) is 5.10 Å². The Morgan fingerprint density at radius 1 is 1.07 bits per heavy atom. The van der Waals surface area contributed by atoms with Gasteiger partial charge in [-0.15, -0.1) is 0 Å². The van der Waals surface area contributed by atoms with Crippen LogP contribution >= 0.6 is 0 Å². The zero-order valence-electron chi connectivity index (χ0n) is 14.6. The van der Waals surface area contributed by atoms with E-state index < -0.39 is 5.97 Å². The standard InChI is InChI=1S/C20H17N5O2/c1-12-16-17(21)22-18(14-7-9-15(10-8-14)20(26)27)23-19(16)25(24-12)11-13-5-3-2-4-6-13/h2-10H,11H2,1H3,(H,26,27)(H2,21,22,23). The molecule has 2 aromatic carbocycles. The van der Waals surface area contributed by atoms with Crippen molar-refractivity contribution in [1.29, 1.82) is 0 Å². The summed E-state index contributed by atoms with van der Waals surface area (Å²) in [6.45, 7) is 2.45. The van der Waals surface area contributed by atoms with Gasteiger partial charge in [0.1, 0.15) is 5.82 Å². The molecular formula is C20H17N5O2. The van der Waals surface area contributed by atoms with Gasteiger partial charge in [-0.1, -0.05) is 42.5 Å². The summed E-state index contributed by atoms with van der Waals surface area (Å²) >= 11 is 0. The fourth-order valence-electron chi connectivity index (χ4n) is 3.04. The van der Waals surface area contributed by atoms with Crippen LogP contribution in [0.5, 0.6) is 0 Å². The second-order valence-electron chi connectivity index (χ2n) is 6.24. The van der Waals surface area contributed by atoms with Crippen molar-refractivity contribution in [3.05, 3.63) is 71.4 Å². The van der Waals surface area contributed by atoms with Gasteiger partial charge in [-0.25, -0.2) is 19.4 Å². The van der Waals surface area contributed by atoms with Crippen molar-refractivity contribution in [3.8, 4) is 11.4 Å². The highest BCUT2D eigenvalue weighted by molar-refractivity contribution is 5.90. The topological polar surface area (TPSA) is 107 Å². The Morgan fingerprint density at radius 2 is 1.78 bits per heavy atom. The molecule has 4 aromatic rings. The maximum Gasteiger partial charge on any atom is 0.335 e. The van der Waals surface area contributed by atoms with Crippen LogP contribution in [0.3, 0.4) is 0 Å². The van der Waals surface area contributed by atoms with E-state index in [-0.39, 0.29) is 5.56 Å². The molecule has 0 aliphatic heterocycles. The summed E-state index contributed by atoms with van der Waals surface area (Å²) in [4.78, 5) is 20.1. The molecule has 4 rings (SSSR count). The lowest BCUT2D eigenvalue weighted by molar-refractivity contribution is 0.0697. The number of hydrogen-bond acceptors (Lipinski definition) is 5. The molecule has 7 heteroatoms. The van der Waals surface area contributed by atoms with Crippen molar-refractivity contribution < 1.29 is 9.90 Å². The first-order chi connectivity index (χ1) is 13.0. The maximum absolute atomic E-state index is 11.0. The lowest BCUT2D eigenvalue weighted by Crippen LogP contribution is -2.05. The Morgan fingerprint density at radius 3 is 2.44 bits per heavy atom. The Hall–Kier alpha value is -3.74. The molecule has 7 nitrogen and oxygen atoms in total. The first-order valence-electron chi connectivity index (χ1n) is 8.41. The summed E-state index contributed by atoms with van der Waals surface area (Å²) < 4.78 is 1.81. The zero-order valence-corrected chi connectivity index (χ0v) is 14.6. The number of anilines is 1. The largest absolute Gasteiger partial charge is 0.478 e. The van der Waals surface area contributed by atoms with Crippen molar-refractivity contribution >= 4 is 22.8 Å². The van der Waals surface area contributed by atoms with Crippen LogP contribution in [0.2, 0.25) is 0 Å². The van der Waals surface area contributed by atoms with Gasteiger partial charge in [-0.3, -0.25) is 0 Å². The van der Waals surface area contributed by atoms with Gasteiger partial charge in [0.05, 0.1) is 23.2 Å². The fraction of sp³-hybridized carbons (Fsp3) is 0.100. The molecule has 2 aromatic heterocycles. The van der Waals surface area contributed by atoms with Gasteiger partial charge in [0.15, 0.2) is 11.5 Å². The van der Waals surface area contributed by atoms with Crippen molar-refractivity contribution in [2.75, 3.05) is 5.73 Å². The third-order valence-electron chi connectivity index (χ3n) is 4.36. The van der Waals surface area contributed by atoms with E-state index in [1.54, 1.807) is 12.1 Å². The fourth-order valence-corrected chi connectivity index (χ4v) is 3.04. The highest BCUT2D eigenvalue weighted by Gasteiger charge is 2.16. The monoisotopic (exact) mass is 359 g/mol. The Kier molecular flexibility index (Phi) is 4.04. The average Bonchev–Trinajstić information content (AvgIpc) is 2.98. The summed E-state index contributed by atoms with van der Waals surface area (Å²) in [7, 11) is 0. The van der Waals surface area contributed by atoms with Gasteiger partial charge in [0.25, 0.3) is 0 Å². The number of fused-ring (bicyclic) bond motifs is 1. The van der Waals surface area contributed by atoms with E-state index in [0.29, 0.717) is 29.4 Å². The molecule has 3 N–H and O–H groups in total. The molecule has 0 unspecified atom stereocenters. The smallest absolute Gasteiger partial charge is 0.335 e. The minimum atomic E-state index is -0.978. The van der Waals surface area contributed by atoms with Crippen molar-refractivity contribution in [2.24, 2.45) is 0 Å². The van der Waals surface area contributed by atoms with E-state index in [0.717, 1.165) is 16.6 Å². The second-order valence-corrected chi connectivity index (χ2v) is 6.24. The summed E-state index contributed by atoms with van der Waals surface area (Å²) in [5, 5.41) is 14.4. The zero-order chi connectivity index (χ0) is 19.0. The third kappa shape index (κ3) is 3.10. The predicted molar refractivity (Wildman–Crippen MR) is 102 cm³/mol. The predicted octanol–water partition coefficient (Wildman–Crippen LogP) is 3.13. The molecule has 0 amide bonds. The van der Waals surface area contributed by atoms with Crippen molar-refractivity contribution in [2.45, 2.75) is 13.5 Å². The normalized spacial score (nSPS) is 11.0. The van der Waals surface area contributed by atoms with Crippen LogP contribution in [0.25, 0.3) is 22.4 Å². The van der Waals surface area contributed by atoms with Gasteiger partial charge in [0, 0.05) is 5.56 Å². The van der Waals surface area contributed by atoms with Gasteiger partial charge < -0.3 is 10.8 Å². The van der Waals surface area contributed by atoms with Crippen LogP contribution in [-0.2, 0) is 6.54 Å². The number of carbonyl (C=O) groups is 1. The first-order valence-corrected chi connectivity index (χ1v) is 8.41. The number of aromatic carboxylic acids is 1. The van der Waals surface area contributed by atoms with Crippen molar-refractivity contribution in [3.63, 3.8) is 0 Å². The summed E-state index contributed by atoms with van der Waals surface area (Å²) in [6, 6.07) is 16.4. The molecule has 0 saturated heterocycles. The SMILES string of the molecule is Cc1nn(Cc2ccccc2)c2nc(-c3ccc(C(=O)O)cc3)nc(N)c12. The van der Waals surface area contributed by atoms with Gasteiger partial charge >= 0.3 is 5.97 Å². The number of benzene rings is 2. The molecule has 0 saturated carbocycles. The molecule has 27 heavy (non-hydrogen) atoms. The Bertz CT molecular complexity index is 1130. The van der Waals surface area contributed by atoms with Crippen LogP contribution in [0, 0.1) is 6.92 Å². The number of carboxylic acids is 1. The Labute approximate surface area is 155 Å². The molecule has 2 heterocycles. The summed E-state index contributed by atoms with van der Waals surface area (Å²) in [5.74, 6) is -0.186. The molecule has 134 valence electrons. The van der Waals surface area contributed by atoms with E-state index in [4.69, 9.17) is 10.8 Å². The van der Waals surface area contributed by atoms with Gasteiger partial charge in [0.2, 0.25) is 0 Å². The molecule has 0 spiro atoms. The number of hydrogen-bond donors (Lipinski definition) is 2. The van der Waals surface area contributed by atoms with E-state index in [1.807, 2.05) is 41.9 Å². The van der Waals surface area contributed by atoms with Gasteiger partial charge in [-0.05, 0) is 24.6 Å². The number of aromatic nitrogens is 4. The number of aryl methyl sites for hydroxylation is 1. The highest BCUT2D eigenvalue weighted by atomic mass is 16.4. The lowest BCUT2D eigenvalue weighted by Gasteiger charge is -2.06. The molecule has 0 bridgehead atoms. The third-order valence-corrected chi connectivity index (χ3v) is 4.36. The van der Waals surface area contributed by atoms with Crippen LogP contribution in [0.1, 0.15) is 21.6 Å². The summed E-state index contributed by atoms with van der Waals surface area (Å²) in [5.41, 5.74) is 9.61. The van der Waals surface area contributed by atoms with Crippen LogP contribution in [0.4, 0.5) is 5.82 Å². The number of rotatable bonds is 4. The average molecular weight is 359 g/mol. The lowest BCUT2D eigenvalue weighted by atomic mass is 10.1. The number of nitrogens with zero attached hydrogens (tertiary/aromatic N) is 4.